The van der Waals surface area contributed by atoms with Crippen molar-refractivity contribution in [2.24, 2.45) is 5.84 Å². The summed E-state index contributed by atoms with van der Waals surface area (Å²) in [5.74, 6) is 4.79. The van der Waals surface area contributed by atoms with Crippen LogP contribution in [-0.2, 0) is 5.41 Å². The molecule has 20 heavy (non-hydrogen) atoms. The van der Waals surface area contributed by atoms with Crippen molar-refractivity contribution in [2.45, 2.75) is 33.1 Å². The average molecular weight is 272 g/mol. The predicted octanol–water partition coefficient (Wildman–Crippen LogP) is 2.03. The van der Waals surface area contributed by atoms with Crippen LogP contribution >= 0.6 is 0 Å². The first-order chi connectivity index (χ1) is 9.24. The molecule has 5 nitrogen and oxygen atoms in total. The van der Waals surface area contributed by atoms with Crippen LogP contribution in [0.4, 0.5) is 5.69 Å². The molecule has 2 aromatic rings. The third kappa shape index (κ3) is 2.44. The Morgan fingerprint density at radius 3 is 2.45 bits per heavy atom. The van der Waals surface area contributed by atoms with Crippen molar-refractivity contribution in [1.82, 2.24) is 10.4 Å². The Morgan fingerprint density at radius 2 is 1.90 bits per heavy atom. The number of rotatable bonds is 1. The van der Waals surface area contributed by atoms with Gasteiger partial charge in [0.1, 0.15) is 5.69 Å². The smallest absolute Gasteiger partial charge is 0.283 e. The zero-order chi connectivity index (χ0) is 15.1. The van der Waals surface area contributed by atoms with Gasteiger partial charge in [0.05, 0.1) is 5.52 Å². The van der Waals surface area contributed by atoms with E-state index >= 15 is 0 Å². The minimum Gasteiger partial charge on any atom is -0.399 e. The van der Waals surface area contributed by atoms with Crippen molar-refractivity contribution >= 4 is 22.5 Å². The molecule has 1 heterocycles. The molecule has 0 saturated heterocycles. The number of aromatic nitrogens is 1. The van der Waals surface area contributed by atoms with Crippen molar-refractivity contribution in [3.8, 4) is 0 Å². The molecule has 0 spiro atoms. The minimum atomic E-state index is -0.397. The molecule has 0 saturated carbocycles. The highest BCUT2D eigenvalue weighted by Crippen LogP contribution is 2.32. The molecule has 5 heteroatoms. The van der Waals surface area contributed by atoms with Crippen LogP contribution in [0.5, 0.6) is 0 Å². The lowest BCUT2D eigenvalue weighted by Crippen LogP contribution is -2.31. The quantitative estimate of drug-likeness (QED) is 0.320. The number of hydrogen-bond acceptors (Lipinski definition) is 4. The van der Waals surface area contributed by atoms with Gasteiger partial charge in [-0.1, -0.05) is 20.8 Å². The second kappa shape index (κ2) is 4.76. The summed E-state index contributed by atoms with van der Waals surface area (Å²) >= 11 is 0. The molecule has 0 aliphatic heterocycles. The second-order valence-electron chi connectivity index (χ2n) is 6.01. The number of carbonyl (C=O) groups is 1. The van der Waals surface area contributed by atoms with Crippen molar-refractivity contribution in [1.29, 1.82) is 0 Å². The van der Waals surface area contributed by atoms with Gasteiger partial charge < -0.3 is 5.73 Å². The Hall–Kier alpha value is -2.14. The summed E-state index contributed by atoms with van der Waals surface area (Å²) in [5, 5.41) is 0.962. The maximum atomic E-state index is 11.7. The van der Waals surface area contributed by atoms with Crippen molar-refractivity contribution < 1.29 is 4.79 Å². The van der Waals surface area contributed by atoms with E-state index in [0.29, 0.717) is 11.4 Å². The number of hydrazine groups is 1. The van der Waals surface area contributed by atoms with Crippen molar-refractivity contribution in [3.05, 3.63) is 35.0 Å². The number of anilines is 1. The molecule has 0 fully saturated rings. The Kier molecular flexibility index (Phi) is 3.39. The first-order valence-corrected chi connectivity index (χ1v) is 6.46. The Balaban J connectivity index is 2.86. The number of nitrogens with one attached hydrogen (secondary N) is 1. The average Bonchev–Trinajstić information content (AvgIpc) is 2.36. The van der Waals surface area contributed by atoms with Crippen LogP contribution in [0.3, 0.4) is 0 Å². The van der Waals surface area contributed by atoms with Gasteiger partial charge in [0, 0.05) is 11.1 Å². The Morgan fingerprint density at radius 1 is 1.25 bits per heavy atom. The second-order valence-corrected chi connectivity index (χ2v) is 6.01. The summed E-state index contributed by atoms with van der Waals surface area (Å²) in [6.45, 7) is 8.21. The van der Waals surface area contributed by atoms with E-state index in [1.807, 2.05) is 19.1 Å². The lowest BCUT2D eigenvalue weighted by atomic mass is 9.84. The molecule has 5 N–H and O–H groups in total. The topological polar surface area (TPSA) is 94.0 Å². The molecule has 0 radical (unpaired) electrons. The van der Waals surface area contributed by atoms with E-state index in [0.717, 1.165) is 22.0 Å². The van der Waals surface area contributed by atoms with E-state index in [1.54, 1.807) is 6.07 Å². The van der Waals surface area contributed by atoms with E-state index in [1.165, 1.54) is 0 Å². The first kappa shape index (κ1) is 14.3. The number of pyridine rings is 1. The van der Waals surface area contributed by atoms with Gasteiger partial charge in [0.25, 0.3) is 5.91 Å². The van der Waals surface area contributed by atoms with E-state index in [9.17, 15) is 4.79 Å². The number of benzene rings is 1. The number of amides is 1. The molecular formula is C15H20N4O. The van der Waals surface area contributed by atoms with Crippen LogP contribution in [0.1, 0.15) is 42.4 Å². The number of aryl methyl sites for hydroxylation is 1. The van der Waals surface area contributed by atoms with Crippen LogP contribution in [0.2, 0.25) is 0 Å². The SMILES string of the molecule is Cc1cc(C(=O)NN)nc2c(C(C)(C)C)cc(N)cc12. The Labute approximate surface area is 118 Å². The van der Waals surface area contributed by atoms with Crippen molar-refractivity contribution in [3.63, 3.8) is 0 Å². The maximum Gasteiger partial charge on any atom is 0.283 e. The number of nitrogens with zero attached hydrogens (tertiary/aromatic N) is 1. The molecule has 1 aromatic heterocycles. The molecule has 0 bridgehead atoms. The highest BCUT2D eigenvalue weighted by molar-refractivity contribution is 5.97. The first-order valence-electron chi connectivity index (χ1n) is 6.46. The summed E-state index contributed by atoms with van der Waals surface area (Å²) in [5.41, 5.74) is 11.8. The zero-order valence-electron chi connectivity index (χ0n) is 12.2. The van der Waals surface area contributed by atoms with E-state index in [-0.39, 0.29) is 5.41 Å². The maximum absolute atomic E-state index is 11.7. The lowest BCUT2D eigenvalue weighted by Gasteiger charge is -2.22. The van der Waals surface area contributed by atoms with Gasteiger partial charge in [-0.2, -0.15) is 0 Å². The molecule has 0 atom stereocenters. The van der Waals surface area contributed by atoms with E-state index in [2.05, 4.69) is 31.2 Å². The predicted molar refractivity (Wildman–Crippen MR) is 81.2 cm³/mol. The van der Waals surface area contributed by atoms with Gasteiger partial charge in [0.15, 0.2) is 0 Å². The van der Waals surface area contributed by atoms with E-state index in [4.69, 9.17) is 11.6 Å². The van der Waals surface area contributed by atoms with Crippen LogP contribution in [0.15, 0.2) is 18.2 Å². The fraction of sp³-hybridized carbons (Fsp3) is 0.333. The zero-order valence-corrected chi connectivity index (χ0v) is 12.2. The highest BCUT2D eigenvalue weighted by atomic mass is 16.2. The number of carbonyl (C=O) groups excluding carboxylic acids is 1. The van der Waals surface area contributed by atoms with Crippen LogP contribution < -0.4 is 17.0 Å². The summed E-state index contributed by atoms with van der Waals surface area (Å²) in [4.78, 5) is 16.2. The van der Waals surface area contributed by atoms with Gasteiger partial charge in [-0.05, 0) is 41.7 Å². The standard InChI is InChI=1S/C15H20N4O/c1-8-5-12(14(20)19-17)18-13-10(8)6-9(16)7-11(13)15(2,3)4/h5-7H,16-17H2,1-4H3,(H,19,20). The van der Waals surface area contributed by atoms with Gasteiger partial charge in [-0.3, -0.25) is 10.2 Å². The van der Waals surface area contributed by atoms with E-state index < -0.39 is 5.91 Å². The summed E-state index contributed by atoms with van der Waals surface area (Å²) in [7, 11) is 0. The molecular weight excluding hydrogens is 252 g/mol. The van der Waals surface area contributed by atoms with Gasteiger partial charge in [-0.15, -0.1) is 0 Å². The third-order valence-electron chi connectivity index (χ3n) is 3.31. The summed E-state index contributed by atoms with van der Waals surface area (Å²) < 4.78 is 0. The fourth-order valence-corrected chi connectivity index (χ4v) is 2.28. The van der Waals surface area contributed by atoms with Gasteiger partial charge in [0.2, 0.25) is 0 Å². The number of fused-ring (bicyclic) bond motifs is 1. The summed E-state index contributed by atoms with van der Waals surface area (Å²) in [6, 6.07) is 5.52. The van der Waals surface area contributed by atoms with Crippen LogP contribution in [-0.4, -0.2) is 10.9 Å². The molecule has 0 aliphatic rings. The number of nitrogen functional groups attached to an aromatic ring is 2. The molecule has 0 unspecified atom stereocenters. The highest BCUT2D eigenvalue weighted by Gasteiger charge is 2.20. The molecule has 1 aromatic carbocycles. The monoisotopic (exact) mass is 272 g/mol. The molecule has 1 amide bonds. The van der Waals surface area contributed by atoms with Crippen LogP contribution in [0, 0.1) is 6.92 Å². The normalized spacial score (nSPS) is 11.7. The molecule has 0 aliphatic carbocycles. The molecule has 2 rings (SSSR count). The van der Waals surface area contributed by atoms with Crippen LogP contribution in [0.25, 0.3) is 10.9 Å². The van der Waals surface area contributed by atoms with Gasteiger partial charge in [-0.25, -0.2) is 10.8 Å². The minimum absolute atomic E-state index is 0.120. The number of nitrogens with two attached hydrogens (primary N) is 2. The fourth-order valence-electron chi connectivity index (χ4n) is 2.28. The Bertz CT molecular complexity index is 686. The lowest BCUT2D eigenvalue weighted by molar-refractivity contribution is 0.0949. The van der Waals surface area contributed by atoms with Crippen molar-refractivity contribution in [2.75, 3.05) is 5.73 Å². The van der Waals surface area contributed by atoms with Gasteiger partial charge >= 0.3 is 0 Å². The third-order valence-corrected chi connectivity index (χ3v) is 3.31. The largest absolute Gasteiger partial charge is 0.399 e. The molecule has 106 valence electrons. The summed E-state index contributed by atoms with van der Waals surface area (Å²) in [6.07, 6.45) is 0. The number of hydrogen-bond donors (Lipinski definition) is 3.